The number of carbonyl (C=O) groups excluding carboxylic acids is 2. The fourth-order valence-electron chi connectivity index (χ4n) is 2.55. The highest BCUT2D eigenvalue weighted by molar-refractivity contribution is 5.61. The first kappa shape index (κ1) is 19.1. The Balaban J connectivity index is 1.69. The summed E-state index contributed by atoms with van der Waals surface area (Å²) in [5, 5.41) is 2.96. The van der Waals surface area contributed by atoms with Crippen LogP contribution < -0.4 is 5.32 Å². The number of hydrogen-bond donors (Lipinski definition) is 1. The quantitative estimate of drug-likeness (QED) is 0.316. The molecular weight excluding hydrogens is 326 g/mol. The minimum atomic E-state index is -0.760. The zero-order valence-corrected chi connectivity index (χ0v) is 14.2. The average Bonchev–Trinajstić information content (AvgIpc) is 3.00. The maximum atomic E-state index is 11.4. The van der Waals surface area contributed by atoms with Crippen molar-refractivity contribution in [3.05, 3.63) is 41.5 Å². The summed E-state index contributed by atoms with van der Waals surface area (Å²) in [6.07, 6.45) is -0.857. The largest absolute Gasteiger partial charge is 0.509 e. The molecule has 1 aliphatic rings. The number of rotatable bonds is 9. The van der Waals surface area contributed by atoms with E-state index in [0.29, 0.717) is 31.8 Å². The van der Waals surface area contributed by atoms with Gasteiger partial charge in [0.25, 0.3) is 0 Å². The van der Waals surface area contributed by atoms with E-state index in [2.05, 4.69) is 5.32 Å². The van der Waals surface area contributed by atoms with Crippen LogP contribution in [-0.2, 0) is 30.3 Å². The Morgan fingerprint density at radius 1 is 1.28 bits per heavy atom. The lowest BCUT2D eigenvalue weighted by molar-refractivity contribution is -0.0677. The summed E-state index contributed by atoms with van der Waals surface area (Å²) in [6.45, 7) is 3.26. The van der Waals surface area contributed by atoms with Gasteiger partial charge in [0.2, 0.25) is 0 Å². The van der Waals surface area contributed by atoms with Gasteiger partial charge in [0.05, 0.1) is 19.8 Å². The third-order valence-electron chi connectivity index (χ3n) is 3.77. The molecule has 136 valence electrons. The predicted molar refractivity (Wildman–Crippen MR) is 89.3 cm³/mol. The highest BCUT2D eigenvalue weighted by Gasteiger charge is 2.35. The summed E-state index contributed by atoms with van der Waals surface area (Å²) in [4.78, 5) is 22.5. The van der Waals surface area contributed by atoms with E-state index in [9.17, 15) is 9.59 Å². The molecule has 0 spiro atoms. The number of carbonyl (C=O) groups is 1. The lowest BCUT2D eigenvalue weighted by atomic mass is 9.99. The number of ether oxygens (including phenoxy) is 4. The molecule has 1 fully saturated rings. The molecule has 2 atom stereocenters. The Labute approximate surface area is 146 Å². The Morgan fingerprint density at radius 3 is 2.80 bits per heavy atom. The van der Waals surface area contributed by atoms with Crippen molar-refractivity contribution in [3.8, 4) is 0 Å². The second kappa shape index (κ2) is 10.6. The van der Waals surface area contributed by atoms with Crippen molar-refractivity contribution in [3.63, 3.8) is 0 Å². The molecule has 0 amide bonds. The fourth-order valence-corrected chi connectivity index (χ4v) is 2.55. The van der Waals surface area contributed by atoms with Crippen LogP contribution in [0.25, 0.3) is 0 Å². The molecule has 1 N–H and O–H groups in total. The van der Waals surface area contributed by atoms with Gasteiger partial charge in [0.1, 0.15) is 12.7 Å². The molecular formula is C18H23NO6. The Morgan fingerprint density at radius 2 is 2.08 bits per heavy atom. The van der Waals surface area contributed by atoms with Crippen LogP contribution in [0.5, 0.6) is 0 Å². The van der Waals surface area contributed by atoms with E-state index >= 15 is 0 Å². The summed E-state index contributed by atoms with van der Waals surface area (Å²) in [7, 11) is 0. The van der Waals surface area contributed by atoms with E-state index in [0.717, 1.165) is 5.56 Å². The molecule has 2 rings (SSSR count). The first-order valence-electron chi connectivity index (χ1n) is 8.24. The van der Waals surface area contributed by atoms with Gasteiger partial charge in [-0.2, -0.15) is 0 Å². The molecule has 1 aromatic carbocycles. The molecule has 1 aliphatic heterocycles. The molecule has 7 heteroatoms. The number of benzene rings is 1. The average molecular weight is 349 g/mol. The van der Waals surface area contributed by atoms with Crippen molar-refractivity contribution in [2.45, 2.75) is 26.2 Å². The van der Waals surface area contributed by atoms with Crippen LogP contribution in [-0.4, -0.2) is 44.9 Å². The van der Waals surface area contributed by atoms with Gasteiger partial charge in [-0.1, -0.05) is 30.3 Å². The van der Waals surface area contributed by atoms with Crippen LogP contribution in [0.4, 0.5) is 4.79 Å². The van der Waals surface area contributed by atoms with Gasteiger partial charge in [0.15, 0.2) is 6.23 Å². The van der Waals surface area contributed by atoms with Gasteiger partial charge in [-0.25, -0.2) is 9.59 Å². The molecule has 0 bridgehead atoms. The molecule has 0 aromatic heterocycles. The molecule has 1 aromatic rings. The Hall–Kier alpha value is -2.18. The Bertz CT molecular complexity index is 584. The molecule has 1 saturated heterocycles. The third kappa shape index (κ3) is 6.32. The molecule has 7 nitrogen and oxygen atoms in total. The summed E-state index contributed by atoms with van der Waals surface area (Å²) in [6, 6.07) is 9.79. The van der Waals surface area contributed by atoms with Crippen molar-refractivity contribution in [1.82, 2.24) is 5.32 Å². The van der Waals surface area contributed by atoms with E-state index in [1.165, 1.54) is 0 Å². The van der Waals surface area contributed by atoms with Crippen molar-refractivity contribution in [2.75, 3.05) is 26.6 Å². The van der Waals surface area contributed by atoms with Crippen LogP contribution in [0.15, 0.2) is 35.9 Å². The fraction of sp³-hybridized carbons (Fsp3) is 0.500. The lowest BCUT2D eigenvalue weighted by Crippen LogP contribution is -2.33. The summed E-state index contributed by atoms with van der Waals surface area (Å²) in [5.41, 5.74) is 1.60. The predicted octanol–water partition coefficient (Wildman–Crippen LogP) is 2.04. The van der Waals surface area contributed by atoms with Gasteiger partial charge in [-0.05, 0) is 18.9 Å². The van der Waals surface area contributed by atoms with Crippen LogP contribution in [0.2, 0.25) is 0 Å². The maximum Gasteiger partial charge on any atom is 0.509 e. The van der Waals surface area contributed by atoms with E-state index in [4.69, 9.17) is 18.9 Å². The molecule has 0 aliphatic carbocycles. The number of nitrogens with one attached hydrogen (secondary N) is 1. The SMILES string of the molecule is CCOC(=O)OC1NCC(=C=O)C1CCOCOCc1ccccc1. The van der Waals surface area contributed by atoms with Gasteiger partial charge < -0.3 is 18.9 Å². The minimum Gasteiger partial charge on any atom is -0.435 e. The highest BCUT2D eigenvalue weighted by Crippen LogP contribution is 2.24. The molecule has 1 heterocycles. The van der Waals surface area contributed by atoms with Crippen molar-refractivity contribution < 1.29 is 28.5 Å². The van der Waals surface area contributed by atoms with E-state index in [1.807, 2.05) is 36.3 Å². The monoisotopic (exact) mass is 349 g/mol. The van der Waals surface area contributed by atoms with Crippen LogP contribution in [0.3, 0.4) is 0 Å². The van der Waals surface area contributed by atoms with Crippen molar-refractivity contribution in [2.24, 2.45) is 5.92 Å². The zero-order chi connectivity index (χ0) is 17.9. The molecule has 0 saturated carbocycles. The van der Waals surface area contributed by atoms with Crippen LogP contribution >= 0.6 is 0 Å². The topological polar surface area (TPSA) is 83.1 Å². The van der Waals surface area contributed by atoms with Crippen LogP contribution in [0.1, 0.15) is 18.9 Å². The van der Waals surface area contributed by atoms with Crippen molar-refractivity contribution in [1.29, 1.82) is 0 Å². The maximum absolute atomic E-state index is 11.4. The standard InChI is InChI=1S/C18H23NO6/c1-2-24-18(21)25-17-16(15(11-20)10-19-17)8-9-22-13-23-12-14-6-4-3-5-7-14/h3-7,16-17,19H,2,8-10,12-13H2,1H3. The minimum absolute atomic E-state index is 0.151. The first-order valence-corrected chi connectivity index (χ1v) is 8.24. The lowest BCUT2D eigenvalue weighted by Gasteiger charge is -2.19. The first-order chi connectivity index (χ1) is 12.2. The summed E-state index contributed by atoms with van der Waals surface area (Å²) >= 11 is 0. The van der Waals surface area contributed by atoms with Gasteiger partial charge in [-0.3, -0.25) is 5.32 Å². The summed E-state index contributed by atoms with van der Waals surface area (Å²) < 4.78 is 20.8. The van der Waals surface area contributed by atoms with Gasteiger partial charge >= 0.3 is 6.16 Å². The number of hydrogen-bond acceptors (Lipinski definition) is 7. The third-order valence-corrected chi connectivity index (χ3v) is 3.77. The second-order valence-electron chi connectivity index (χ2n) is 5.48. The highest BCUT2D eigenvalue weighted by atomic mass is 16.7. The second-order valence-corrected chi connectivity index (χ2v) is 5.48. The van der Waals surface area contributed by atoms with E-state index < -0.39 is 12.4 Å². The molecule has 2 unspecified atom stereocenters. The normalized spacial score (nSPS) is 19.5. The summed E-state index contributed by atoms with van der Waals surface area (Å²) in [5.74, 6) is 1.63. The van der Waals surface area contributed by atoms with Crippen LogP contribution in [0, 0.1) is 5.92 Å². The molecule has 25 heavy (non-hydrogen) atoms. The van der Waals surface area contributed by atoms with E-state index in [-0.39, 0.29) is 19.3 Å². The van der Waals surface area contributed by atoms with Gasteiger partial charge in [-0.15, -0.1) is 0 Å². The van der Waals surface area contributed by atoms with Gasteiger partial charge in [0, 0.05) is 18.0 Å². The van der Waals surface area contributed by atoms with Crippen molar-refractivity contribution >= 4 is 12.1 Å². The zero-order valence-electron chi connectivity index (χ0n) is 14.2. The Kier molecular flexibility index (Phi) is 8.15. The van der Waals surface area contributed by atoms with E-state index in [1.54, 1.807) is 6.92 Å². The smallest absolute Gasteiger partial charge is 0.435 e. The molecule has 0 radical (unpaired) electrons.